The smallest absolute Gasteiger partial charge is 0.271 e. The molecule has 0 saturated carbocycles. The lowest BCUT2D eigenvalue weighted by Crippen LogP contribution is -2.53. The third-order valence-corrected chi connectivity index (χ3v) is 5.24. The summed E-state index contributed by atoms with van der Waals surface area (Å²) in [7, 11) is 0. The molecule has 2 aliphatic rings. The fourth-order valence-electron chi connectivity index (χ4n) is 3.54. The average Bonchev–Trinajstić information content (AvgIpc) is 2.75. The van der Waals surface area contributed by atoms with Gasteiger partial charge in [0.2, 0.25) is 5.91 Å². The standard InChI is InChI=1S/C22H23FN4O2/c1-16-2-6-19(7-3-16)27-21(28)11-10-20(24-27)22(29)26-14-12-25(13-15-26)18-8-4-17(23)5-9-18/h2-10,24H,11-15H2,1H3. The van der Waals surface area contributed by atoms with E-state index >= 15 is 0 Å². The molecule has 2 aromatic carbocycles. The summed E-state index contributed by atoms with van der Waals surface area (Å²) in [6.07, 6.45) is 1.83. The van der Waals surface area contributed by atoms with Gasteiger partial charge in [0.1, 0.15) is 11.5 Å². The zero-order valence-electron chi connectivity index (χ0n) is 16.3. The first-order valence-electron chi connectivity index (χ1n) is 9.67. The fourth-order valence-corrected chi connectivity index (χ4v) is 3.54. The van der Waals surface area contributed by atoms with E-state index in [1.165, 1.54) is 17.1 Å². The highest BCUT2D eigenvalue weighted by molar-refractivity contribution is 6.01. The maximum atomic E-state index is 13.1. The molecular weight excluding hydrogens is 371 g/mol. The lowest BCUT2D eigenvalue weighted by Gasteiger charge is -2.37. The Bertz CT molecular complexity index is 932. The quantitative estimate of drug-likeness (QED) is 0.870. The highest BCUT2D eigenvalue weighted by Gasteiger charge is 2.29. The minimum atomic E-state index is -0.259. The summed E-state index contributed by atoms with van der Waals surface area (Å²) in [5.74, 6) is -0.481. The van der Waals surface area contributed by atoms with Gasteiger partial charge in [-0.05, 0) is 49.4 Å². The fraction of sp³-hybridized carbons (Fsp3) is 0.273. The Morgan fingerprint density at radius 2 is 1.55 bits per heavy atom. The number of hydrazine groups is 1. The SMILES string of the molecule is Cc1ccc(N2NC(C(=O)N3CCN(c4ccc(F)cc4)CC3)=CCC2=O)cc1. The van der Waals surface area contributed by atoms with E-state index in [1.807, 2.05) is 31.2 Å². The first-order valence-corrected chi connectivity index (χ1v) is 9.67. The molecule has 1 N–H and O–H groups in total. The number of hydrogen-bond donors (Lipinski definition) is 1. The third kappa shape index (κ3) is 4.08. The van der Waals surface area contributed by atoms with Crippen LogP contribution in [0, 0.1) is 12.7 Å². The molecule has 7 heteroatoms. The van der Waals surface area contributed by atoms with Gasteiger partial charge < -0.3 is 9.80 Å². The van der Waals surface area contributed by atoms with Gasteiger partial charge in [0, 0.05) is 38.3 Å². The first-order chi connectivity index (χ1) is 14.0. The largest absolute Gasteiger partial charge is 0.368 e. The minimum Gasteiger partial charge on any atom is -0.368 e. The molecular formula is C22H23FN4O2. The van der Waals surface area contributed by atoms with Crippen LogP contribution in [0.4, 0.5) is 15.8 Å². The second kappa shape index (κ2) is 7.95. The maximum Gasteiger partial charge on any atom is 0.271 e. The number of aryl methyl sites for hydroxylation is 1. The van der Waals surface area contributed by atoms with Gasteiger partial charge in [0.15, 0.2) is 0 Å². The molecule has 0 aliphatic carbocycles. The molecule has 6 nitrogen and oxygen atoms in total. The summed E-state index contributed by atoms with van der Waals surface area (Å²) in [6, 6.07) is 14.0. The molecule has 0 bridgehead atoms. The van der Waals surface area contributed by atoms with Gasteiger partial charge in [0.25, 0.3) is 5.91 Å². The molecule has 2 aromatic rings. The van der Waals surface area contributed by atoms with Gasteiger partial charge in [-0.2, -0.15) is 0 Å². The molecule has 29 heavy (non-hydrogen) atoms. The van der Waals surface area contributed by atoms with Crippen molar-refractivity contribution in [1.29, 1.82) is 0 Å². The molecule has 4 rings (SSSR count). The van der Waals surface area contributed by atoms with Gasteiger partial charge in [0.05, 0.1) is 5.69 Å². The van der Waals surface area contributed by atoms with Crippen LogP contribution in [0.1, 0.15) is 12.0 Å². The van der Waals surface area contributed by atoms with Crippen molar-refractivity contribution in [3.63, 3.8) is 0 Å². The summed E-state index contributed by atoms with van der Waals surface area (Å²) >= 11 is 0. The van der Waals surface area contributed by atoms with Gasteiger partial charge in [-0.25, -0.2) is 9.40 Å². The van der Waals surface area contributed by atoms with Crippen molar-refractivity contribution in [3.05, 3.63) is 71.7 Å². The molecule has 1 fully saturated rings. The number of rotatable bonds is 3. The van der Waals surface area contributed by atoms with Crippen LogP contribution in [0.25, 0.3) is 0 Å². The number of amides is 2. The van der Waals surface area contributed by atoms with Crippen LogP contribution in [0.3, 0.4) is 0 Å². The number of benzene rings is 2. The Morgan fingerprint density at radius 1 is 0.931 bits per heavy atom. The van der Waals surface area contributed by atoms with Crippen LogP contribution in [0.5, 0.6) is 0 Å². The predicted octanol–water partition coefficient (Wildman–Crippen LogP) is 2.61. The number of halogens is 1. The van der Waals surface area contributed by atoms with Crippen molar-refractivity contribution < 1.29 is 14.0 Å². The Hall–Kier alpha value is -3.35. The van der Waals surface area contributed by atoms with E-state index in [0.717, 1.165) is 11.3 Å². The number of carbonyl (C=O) groups excluding carboxylic acids is 2. The number of nitrogens with one attached hydrogen (secondary N) is 1. The number of piperazine rings is 1. The highest BCUT2D eigenvalue weighted by Crippen LogP contribution is 2.21. The van der Waals surface area contributed by atoms with Gasteiger partial charge >= 0.3 is 0 Å². The Balaban J connectivity index is 1.40. The lowest BCUT2D eigenvalue weighted by molar-refractivity contribution is -0.128. The lowest BCUT2D eigenvalue weighted by atomic mass is 10.2. The van der Waals surface area contributed by atoms with Crippen molar-refractivity contribution in [1.82, 2.24) is 10.3 Å². The second-order valence-corrected chi connectivity index (χ2v) is 7.25. The average molecular weight is 394 g/mol. The third-order valence-electron chi connectivity index (χ3n) is 5.24. The van der Waals surface area contributed by atoms with Crippen molar-refractivity contribution in [2.75, 3.05) is 36.1 Å². The van der Waals surface area contributed by atoms with Crippen molar-refractivity contribution >= 4 is 23.2 Å². The van der Waals surface area contributed by atoms with Crippen molar-refractivity contribution in [2.45, 2.75) is 13.3 Å². The number of hydrogen-bond acceptors (Lipinski definition) is 4. The van der Waals surface area contributed by atoms with Gasteiger partial charge in [-0.3, -0.25) is 15.0 Å². The molecule has 1 saturated heterocycles. The van der Waals surface area contributed by atoms with E-state index in [0.29, 0.717) is 37.6 Å². The van der Waals surface area contributed by atoms with Crippen LogP contribution in [0.15, 0.2) is 60.3 Å². The molecule has 2 heterocycles. The number of nitrogens with zero attached hydrogens (tertiary/aromatic N) is 3. The van der Waals surface area contributed by atoms with Crippen LogP contribution in [-0.2, 0) is 9.59 Å². The topological polar surface area (TPSA) is 55.9 Å². The monoisotopic (exact) mass is 394 g/mol. The van der Waals surface area contributed by atoms with E-state index in [9.17, 15) is 14.0 Å². The van der Waals surface area contributed by atoms with Gasteiger partial charge in [-0.1, -0.05) is 17.7 Å². The summed E-state index contributed by atoms with van der Waals surface area (Å²) in [6.45, 7) is 4.45. The van der Waals surface area contributed by atoms with Crippen LogP contribution >= 0.6 is 0 Å². The van der Waals surface area contributed by atoms with Crippen molar-refractivity contribution in [2.24, 2.45) is 0 Å². The summed E-state index contributed by atoms with van der Waals surface area (Å²) in [5, 5.41) is 1.43. The highest BCUT2D eigenvalue weighted by atomic mass is 19.1. The molecule has 0 unspecified atom stereocenters. The van der Waals surface area contributed by atoms with E-state index in [-0.39, 0.29) is 24.1 Å². The molecule has 0 aromatic heterocycles. The molecule has 150 valence electrons. The zero-order valence-corrected chi connectivity index (χ0v) is 16.3. The predicted molar refractivity (Wildman–Crippen MR) is 110 cm³/mol. The second-order valence-electron chi connectivity index (χ2n) is 7.25. The molecule has 2 amide bonds. The van der Waals surface area contributed by atoms with Crippen LogP contribution in [-0.4, -0.2) is 42.9 Å². The molecule has 0 radical (unpaired) electrons. The summed E-state index contributed by atoms with van der Waals surface area (Å²) in [5.41, 5.74) is 6.16. The van der Waals surface area contributed by atoms with E-state index in [2.05, 4.69) is 10.3 Å². The van der Waals surface area contributed by atoms with Crippen LogP contribution in [0.2, 0.25) is 0 Å². The first kappa shape index (κ1) is 19.0. The Morgan fingerprint density at radius 3 is 2.21 bits per heavy atom. The maximum absolute atomic E-state index is 13.1. The van der Waals surface area contributed by atoms with E-state index < -0.39 is 0 Å². The van der Waals surface area contributed by atoms with Crippen molar-refractivity contribution in [3.8, 4) is 0 Å². The zero-order chi connectivity index (χ0) is 20.4. The number of carbonyl (C=O) groups is 2. The van der Waals surface area contributed by atoms with Crippen LogP contribution < -0.4 is 15.3 Å². The number of anilines is 2. The van der Waals surface area contributed by atoms with E-state index in [4.69, 9.17) is 0 Å². The summed E-state index contributed by atoms with van der Waals surface area (Å²) < 4.78 is 13.1. The Labute approximate surface area is 169 Å². The summed E-state index contributed by atoms with van der Waals surface area (Å²) in [4.78, 5) is 29.2. The van der Waals surface area contributed by atoms with Gasteiger partial charge in [-0.15, -0.1) is 0 Å². The molecule has 0 atom stereocenters. The van der Waals surface area contributed by atoms with E-state index in [1.54, 1.807) is 23.1 Å². The Kier molecular flexibility index (Phi) is 5.20. The normalized spacial score (nSPS) is 17.1. The molecule has 0 spiro atoms. The minimum absolute atomic E-state index is 0.105. The molecule has 2 aliphatic heterocycles.